The lowest BCUT2D eigenvalue weighted by Crippen LogP contribution is -1.94. The van der Waals surface area contributed by atoms with Gasteiger partial charge < -0.3 is 0 Å². The van der Waals surface area contributed by atoms with Crippen LogP contribution in [0.3, 0.4) is 0 Å². The van der Waals surface area contributed by atoms with E-state index in [0.717, 1.165) is 24.7 Å². The smallest absolute Gasteiger partial charge is 0.171 e. The van der Waals surface area contributed by atoms with E-state index >= 15 is 0 Å². The van der Waals surface area contributed by atoms with Gasteiger partial charge in [-0.15, -0.1) is 0 Å². The molecule has 1 aliphatic heterocycles. The van der Waals surface area contributed by atoms with Gasteiger partial charge in [0.05, 0.1) is 6.61 Å². The van der Waals surface area contributed by atoms with Crippen LogP contribution < -0.4 is 0 Å². The quantitative estimate of drug-likeness (QED) is 0.452. The van der Waals surface area contributed by atoms with Crippen molar-refractivity contribution in [3.05, 3.63) is 0 Å². The molecule has 2 nitrogen and oxygen atoms in total. The fraction of sp³-hybridized carbons (Fsp3) is 1.00. The van der Waals surface area contributed by atoms with Crippen LogP contribution in [0.4, 0.5) is 0 Å². The zero-order valence-corrected chi connectivity index (χ0v) is 4.68. The Morgan fingerprint density at radius 2 is 2.50 bits per heavy atom. The molecule has 0 N–H and O–H groups in total. The molecular formula is C2H4O2S2. The second kappa shape index (κ2) is 2.74. The SMILES string of the molecule is C1CSOSO1. The minimum absolute atomic E-state index is 0.801. The summed E-state index contributed by atoms with van der Waals surface area (Å²) in [5.41, 5.74) is 0. The van der Waals surface area contributed by atoms with Gasteiger partial charge >= 0.3 is 0 Å². The zero-order valence-electron chi connectivity index (χ0n) is 3.05. The topological polar surface area (TPSA) is 18.5 Å². The van der Waals surface area contributed by atoms with Gasteiger partial charge in [-0.3, -0.25) is 4.18 Å². The van der Waals surface area contributed by atoms with Crippen LogP contribution in [0.1, 0.15) is 0 Å². The van der Waals surface area contributed by atoms with E-state index in [2.05, 4.69) is 3.63 Å². The van der Waals surface area contributed by atoms with Crippen molar-refractivity contribution in [2.75, 3.05) is 12.4 Å². The highest BCUT2D eigenvalue weighted by atomic mass is 32.2. The van der Waals surface area contributed by atoms with Gasteiger partial charge in [-0.05, 0) is 0 Å². The fourth-order valence-electron chi connectivity index (χ4n) is 0.175. The Labute approximate surface area is 45.2 Å². The predicted molar refractivity (Wildman–Crippen MR) is 27.1 cm³/mol. The second-order valence-corrected chi connectivity index (χ2v) is 2.34. The Bertz CT molecular complexity index is 25.0. The summed E-state index contributed by atoms with van der Waals surface area (Å²) in [5.74, 6) is 0.951. The molecule has 0 atom stereocenters. The van der Waals surface area contributed by atoms with Crippen LogP contribution >= 0.6 is 24.4 Å². The summed E-state index contributed by atoms with van der Waals surface area (Å²) in [5, 5.41) is 0. The van der Waals surface area contributed by atoms with Crippen molar-refractivity contribution in [3.63, 3.8) is 0 Å². The first-order valence-electron chi connectivity index (χ1n) is 1.58. The fourth-order valence-corrected chi connectivity index (χ4v) is 1.17. The van der Waals surface area contributed by atoms with Crippen LogP contribution in [-0.2, 0) is 7.81 Å². The number of hydrogen-bond acceptors (Lipinski definition) is 4. The monoisotopic (exact) mass is 124 g/mol. The van der Waals surface area contributed by atoms with Crippen LogP contribution in [0.2, 0.25) is 0 Å². The number of rotatable bonds is 0. The highest BCUT2D eigenvalue weighted by Crippen LogP contribution is 2.20. The third-order valence-corrected chi connectivity index (χ3v) is 1.58. The first kappa shape index (κ1) is 4.77. The van der Waals surface area contributed by atoms with Crippen LogP contribution in [0.5, 0.6) is 0 Å². The summed E-state index contributed by atoms with van der Waals surface area (Å²) in [6, 6.07) is 0. The standard InChI is InChI=1S/C2H4O2S2/c1-2-5-4-6-3-1/h1-2H2. The maximum absolute atomic E-state index is 4.74. The Morgan fingerprint density at radius 3 is 2.67 bits per heavy atom. The molecule has 0 aliphatic carbocycles. The van der Waals surface area contributed by atoms with Crippen molar-refractivity contribution < 1.29 is 7.81 Å². The number of hydrogen-bond donors (Lipinski definition) is 0. The molecular weight excluding hydrogens is 120 g/mol. The van der Waals surface area contributed by atoms with E-state index in [4.69, 9.17) is 4.18 Å². The molecule has 0 unspecified atom stereocenters. The molecule has 1 heterocycles. The molecule has 0 aromatic carbocycles. The summed E-state index contributed by atoms with van der Waals surface area (Å²) in [6.07, 6.45) is 0. The zero-order chi connectivity index (χ0) is 4.24. The average molecular weight is 124 g/mol. The molecule has 0 bridgehead atoms. The first-order chi connectivity index (χ1) is 3.00. The minimum Gasteiger partial charge on any atom is -0.290 e. The molecule has 36 valence electrons. The second-order valence-electron chi connectivity index (χ2n) is 0.780. The molecule has 1 saturated heterocycles. The summed E-state index contributed by atoms with van der Waals surface area (Å²) in [6.45, 7) is 0.801. The van der Waals surface area contributed by atoms with Crippen molar-refractivity contribution >= 4 is 24.4 Å². The molecule has 1 rings (SSSR count). The van der Waals surface area contributed by atoms with Crippen LogP contribution in [0, 0.1) is 0 Å². The van der Waals surface area contributed by atoms with Crippen LogP contribution in [0.25, 0.3) is 0 Å². The molecule has 0 spiro atoms. The maximum atomic E-state index is 4.74. The van der Waals surface area contributed by atoms with E-state index in [1.807, 2.05) is 0 Å². The predicted octanol–water partition coefficient (Wildman–Crippen LogP) is 1.24. The van der Waals surface area contributed by atoms with E-state index in [9.17, 15) is 0 Å². The Hall–Kier alpha value is 0.620. The molecule has 1 fully saturated rings. The Kier molecular flexibility index (Phi) is 2.18. The van der Waals surface area contributed by atoms with Gasteiger partial charge in [0, 0.05) is 17.8 Å². The molecule has 1 aliphatic rings. The largest absolute Gasteiger partial charge is 0.290 e. The highest BCUT2D eigenvalue weighted by Gasteiger charge is 1.98. The molecule has 0 amide bonds. The van der Waals surface area contributed by atoms with Gasteiger partial charge in [0.1, 0.15) is 0 Å². The van der Waals surface area contributed by atoms with E-state index in [-0.39, 0.29) is 0 Å². The lowest BCUT2D eigenvalue weighted by Gasteiger charge is -2.04. The van der Waals surface area contributed by atoms with E-state index < -0.39 is 0 Å². The van der Waals surface area contributed by atoms with Crippen molar-refractivity contribution in [1.82, 2.24) is 0 Å². The lowest BCUT2D eigenvalue weighted by molar-refractivity contribution is 0.366. The van der Waals surface area contributed by atoms with Gasteiger partial charge in [0.15, 0.2) is 12.3 Å². The Balaban J connectivity index is 2.00. The molecule has 6 heavy (non-hydrogen) atoms. The van der Waals surface area contributed by atoms with E-state index in [1.54, 1.807) is 0 Å². The van der Waals surface area contributed by atoms with Gasteiger partial charge in [0.25, 0.3) is 0 Å². The third-order valence-electron chi connectivity index (χ3n) is 0.374. The summed E-state index contributed by atoms with van der Waals surface area (Å²) < 4.78 is 9.42. The molecule has 4 heteroatoms. The minimum atomic E-state index is 0.801. The summed E-state index contributed by atoms with van der Waals surface area (Å²) in [4.78, 5) is 0. The first-order valence-corrected chi connectivity index (χ1v) is 3.15. The van der Waals surface area contributed by atoms with Gasteiger partial charge in [-0.2, -0.15) is 0 Å². The van der Waals surface area contributed by atoms with Gasteiger partial charge in [-0.25, -0.2) is 3.63 Å². The van der Waals surface area contributed by atoms with E-state index in [0.29, 0.717) is 0 Å². The summed E-state index contributed by atoms with van der Waals surface area (Å²) in [7, 11) is 0. The van der Waals surface area contributed by atoms with Crippen molar-refractivity contribution in [2.45, 2.75) is 0 Å². The Morgan fingerprint density at radius 1 is 1.50 bits per heavy atom. The normalized spacial score (nSPS) is 24.0. The van der Waals surface area contributed by atoms with Crippen molar-refractivity contribution in [2.24, 2.45) is 0 Å². The lowest BCUT2D eigenvalue weighted by atomic mass is 10.9. The highest BCUT2D eigenvalue weighted by molar-refractivity contribution is 8.06. The summed E-state index contributed by atoms with van der Waals surface area (Å²) >= 11 is 2.49. The maximum Gasteiger partial charge on any atom is 0.171 e. The van der Waals surface area contributed by atoms with Crippen molar-refractivity contribution in [3.8, 4) is 0 Å². The molecule has 0 radical (unpaired) electrons. The average Bonchev–Trinajstić information content (AvgIpc) is 1.72. The van der Waals surface area contributed by atoms with Gasteiger partial charge in [0.2, 0.25) is 0 Å². The molecule has 0 aromatic rings. The van der Waals surface area contributed by atoms with Crippen LogP contribution in [0.15, 0.2) is 0 Å². The molecule has 0 saturated carbocycles. The van der Waals surface area contributed by atoms with E-state index in [1.165, 1.54) is 12.0 Å². The molecule has 0 aromatic heterocycles. The third kappa shape index (κ3) is 1.38. The van der Waals surface area contributed by atoms with Crippen LogP contribution in [-0.4, -0.2) is 12.4 Å². The van der Waals surface area contributed by atoms with Crippen molar-refractivity contribution in [1.29, 1.82) is 0 Å². The van der Waals surface area contributed by atoms with Gasteiger partial charge in [-0.1, -0.05) is 0 Å².